The molecule has 8 heteroatoms. The van der Waals surface area contributed by atoms with Gasteiger partial charge >= 0.3 is 0 Å². The first-order chi connectivity index (χ1) is 12.0. The highest BCUT2D eigenvalue weighted by Crippen LogP contribution is 2.44. The third-order valence-electron chi connectivity index (χ3n) is 4.78. The van der Waals surface area contributed by atoms with Gasteiger partial charge in [0.05, 0.1) is 31.2 Å². The third-order valence-corrected chi connectivity index (χ3v) is 4.78. The molecule has 1 spiro atoms. The Morgan fingerprint density at radius 1 is 1.20 bits per heavy atom. The number of methoxy groups -OCH3 is 1. The summed E-state index contributed by atoms with van der Waals surface area (Å²) in [6.45, 7) is 3.73. The SMILES string of the molecule is C=COCC[C@@H](O)O[C@H]1C[C@@H](O)C[C@]2(C[C@H]3C[C@H](CC(OC)O3)O2)O1. The van der Waals surface area contributed by atoms with Crippen molar-refractivity contribution in [3.63, 3.8) is 0 Å². The maximum Gasteiger partial charge on any atom is 0.176 e. The van der Waals surface area contributed by atoms with Gasteiger partial charge in [-0.3, -0.25) is 0 Å². The van der Waals surface area contributed by atoms with E-state index < -0.39 is 24.5 Å². The molecule has 2 N–H and O–H groups in total. The molecule has 0 aromatic rings. The van der Waals surface area contributed by atoms with Crippen molar-refractivity contribution in [2.45, 2.75) is 81.5 Å². The smallest absolute Gasteiger partial charge is 0.176 e. The number of hydrogen-bond donors (Lipinski definition) is 2. The molecule has 3 heterocycles. The Morgan fingerprint density at radius 2 is 2.04 bits per heavy atom. The lowest BCUT2D eigenvalue weighted by atomic mass is 9.88. The van der Waals surface area contributed by atoms with Crippen LogP contribution in [0.2, 0.25) is 0 Å². The van der Waals surface area contributed by atoms with Gasteiger partial charge in [0.1, 0.15) is 0 Å². The zero-order chi connectivity index (χ0) is 17.9. The van der Waals surface area contributed by atoms with Crippen LogP contribution < -0.4 is 0 Å². The molecule has 0 amide bonds. The molecule has 0 saturated carbocycles. The first-order valence-corrected chi connectivity index (χ1v) is 8.80. The Bertz CT molecular complexity index is 430. The summed E-state index contributed by atoms with van der Waals surface area (Å²) in [5, 5.41) is 20.2. The molecule has 144 valence electrons. The zero-order valence-corrected chi connectivity index (χ0v) is 14.5. The molecular weight excluding hydrogens is 332 g/mol. The highest BCUT2D eigenvalue weighted by Gasteiger charge is 2.51. The fourth-order valence-electron chi connectivity index (χ4n) is 3.79. The van der Waals surface area contributed by atoms with Crippen molar-refractivity contribution >= 4 is 0 Å². The van der Waals surface area contributed by atoms with Gasteiger partial charge in [-0.25, -0.2) is 0 Å². The Hall–Kier alpha value is -0.740. The normalized spacial score (nSPS) is 42.1. The van der Waals surface area contributed by atoms with E-state index in [9.17, 15) is 10.2 Å². The number of aliphatic hydroxyl groups is 2. The van der Waals surface area contributed by atoms with Crippen LogP contribution in [-0.4, -0.2) is 66.9 Å². The summed E-state index contributed by atoms with van der Waals surface area (Å²) in [6, 6.07) is 0. The number of ether oxygens (including phenoxy) is 6. The molecule has 3 aliphatic heterocycles. The summed E-state index contributed by atoms with van der Waals surface area (Å²) in [5.74, 6) is -0.952. The molecular formula is C17H28O8. The first kappa shape index (κ1) is 19.0. The maximum atomic E-state index is 10.3. The molecule has 3 rings (SSSR count). The van der Waals surface area contributed by atoms with E-state index in [1.807, 2.05) is 0 Å². The fourth-order valence-corrected chi connectivity index (χ4v) is 3.79. The van der Waals surface area contributed by atoms with Crippen molar-refractivity contribution in [1.29, 1.82) is 0 Å². The Labute approximate surface area is 147 Å². The van der Waals surface area contributed by atoms with Crippen LogP contribution in [0.1, 0.15) is 38.5 Å². The van der Waals surface area contributed by atoms with E-state index in [1.54, 1.807) is 7.11 Å². The van der Waals surface area contributed by atoms with Crippen molar-refractivity contribution in [3.8, 4) is 0 Å². The van der Waals surface area contributed by atoms with Gasteiger partial charge in [0.15, 0.2) is 24.7 Å². The van der Waals surface area contributed by atoms with E-state index in [0.717, 1.165) is 6.42 Å². The number of aliphatic hydroxyl groups excluding tert-OH is 2. The van der Waals surface area contributed by atoms with Crippen LogP contribution in [0.3, 0.4) is 0 Å². The molecule has 1 unspecified atom stereocenters. The van der Waals surface area contributed by atoms with Crippen LogP contribution in [0.5, 0.6) is 0 Å². The summed E-state index contributed by atoms with van der Waals surface area (Å²) in [6.07, 6.45) is 1.33. The number of rotatable bonds is 7. The second-order valence-electron chi connectivity index (χ2n) is 6.81. The highest BCUT2D eigenvalue weighted by molar-refractivity contribution is 4.92. The second-order valence-corrected chi connectivity index (χ2v) is 6.81. The first-order valence-electron chi connectivity index (χ1n) is 8.80. The lowest BCUT2D eigenvalue weighted by Gasteiger charge is -2.51. The van der Waals surface area contributed by atoms with E-state index >= 15 is 0 Å². The average Bonchev–Trinajstić information content (AvgIpc) is 2.53. The van der Waals surface area contributed by atoms with E-state index in [1.165, 1.54) is 6.26 Å². The largest absolute Gasteiger partial charge is 0.502 e. The average molecular weight is 360 g/mol. The molecule has 0 aliphatic carbocycles. The molecule has 3 fully saturated rings. The van der Waals surface area contributed by atoms with Crippen LogP contribution in [-0.2, 0) is 28.4 Å². The van der Waals surface area contributed by atoms with Gasteiger partial charge in [0.25, 0.3) is 0 Å². The summed E-state index contributed by atoms with van der Waals surface area (Å²) in [5.41, 5.74) is 0. The monoisotopic (exact) mass is 360 g/mol. The van der Waals surface area contributed by atoms with Crippen LogP contribution in [0, 0.1) is 0 Å². The minimum Gasteiger partial charge on any atom is -0.502 e. The Kier molecular flexibility index (Phi) is 6.32. The third kappa shape index (κ3) is 4.91. The molecule has 7 atom stereocenters. The van der Waals surface area contributed by atoms with Crippen molar-refractivity contribution < 1.29 is 38.6 Å². The van der Waals surface area contributed by atoms with E-state index in [-0.39, 0.29) is 37.9 Å². The van der Waals surface area contributed by atoms with Gasteiger partial charge in [0, 0.05) is 45.6 Å². The predicted molar refractivity (Wildman–Crippen MR) is 85.1 cm³/mol. The standard InChI is InChI=1S/C17H28O8/c1-3-21-5-4-14(19)23-16-6-11(18)9-17(25-16)10-13-7-12(24-17)8-15(20-2)22-13/h3,11-16,18-19H,1,4-10H2,2H3/t11-,12-,13-,14+,15?,16-,17-/m1/s1. The minimum absolute atomic E-state index is 0.0469. The molecule has 2 bridgehead atoms. The summed E-state index contributed by atoms with van der Waals surface area (Å²) in [4.78, 5) is 0. The van der Waals surface area contributed by atoms with Crippen LogP contribution in [0.4, 0.5) is 0 Å². The number of hydrogen-bond acceptors (Lipinski definition) is 8. The maximum absolute atomic E-state index is 10.3. The molecule has 3 saturated heterocycles. The summed E-state index contributed by atoms with van der Waals surface area (Å²) < 4.78 is 33.8. The zero-order valence-electron chi connectivity index (χ0n) is 14.5. The molecule has 3 aliphatic rings. The molecule has 0 aromatic carbocycles. The molecule has 0 radical (unpaired) electrons. The van der Waals surface area contributed by atoms with Gasteiger partial charge in [-0.15, -0.1) is 0 Å². The van der Waals surface area contributed by atoms with Crippen LogP contribution >= 0.6 is 0 Å². The molecule has 8 nitrogen and oxygen atoms in total. The fraction of sp³-hybridized carbons (Fsp3) is 0.882. The van der Waals surface area contributed by atoms with Gasteiger partial charge in [-0.2, -0.15) is 0 Å². The van der Waals surface area contributed by atoms with Gasteiger partial charge in [-0.05, 0) is 0 Å². The van der Waals surface area contributed by atoms with E-state index in [0.29, 0.717) is 19.3 Å². The lowest BCUT2D eigenvalue weighted by molar-refractivity contribution is -0.406. The van der Waals surface area contributed by atoms with Gasteiger partial charge < -0.3 is 38.6 Å². The van der Waals surface area contributed by atoms with Crippen LogP contribution in [0.25, 0.3) is 0 Å². The van der Waals surface area contributed by atoms with Crippen molar-refractivity contribution in [3.05, 3.63) is 12.8 Å². The Morgan fingerprint density at radius 3 is 2.76 bits per heavy atom. The van der Waals surface area contributed by atoms with Gasteiger partial charge in [-0.1, -0.05) is 6.58 Å². The van der Waals surface area contributed by atoms with Gasteiger partial charge in [0.2, 0.25) is 0 Å². The predicted octanol–water partition coefficient (Wildman–Crippen LogP) is 1.01. The Balaban J connectivity index is 1.58. The summed E-state index contributed by atoms with van der Waals surface area (Å²) >= 11 is 0. The second kappa shape index (κ2) is 8.30. The lowest BCUT2D eigenvalue weighted by Crippen LogP contribution is -2.58. The summed E-state index contributed by atoms with van der Waals surface area (Å²) in [7, 11) is 1.61. The quantitative estimate of drug-likeness (QED) is 0.394. The van der Waals surface area contributed by atoms with E-state index in [4.69, 9.17) is 28.4 Å². The molecule has 25 heavy (non-hydrogen) atoms. The molecule has 0 aromatic heterocycles. The topological polar surface area (TPSA) is 95.8 Å². The minimum atomic E-state index is -1.05. The van der Waals surface area contributed by atoms with Crippen molar-refractivity contribution in [1.82, 2.24) is 0 Å². The van der Waals surface area contributed by atoms with Crippen molar-refractivity contribution in [2.75, 3.05) is 13.7 Å². The van der Waals surface area contributed by atoms with Crippen molar-refractivity contribution in [2.24, 2.45) is 0 Å². The number of fused-ring (bicyclic) bond motifs is 2. The van der Waals surface area contributed by atoms with E-state index in [2.05, 4.69) is 6.58 Å². The highest BCUT2D eigenvalue weighted by atomic mass is 16.8. The van der Waals surface area contributed by atoms with Crippen LogP contribution in [0.15, 0.2) is 12.8 Å².